The third-order valence-corrected chi connectivity index (χ3v) is 4.11. The van der Waals surface area contributed by atoms with Gasteiger partial charge in [-0.25, -0.2) is 19.3 Å². The van der Waals surface area contributed by atoms with Crippen molar-refractivity contribution in [3.63, 3.8) is 0 Å². The topological polar surface area (TPSA) is 54.4 Å². The van der Waals surface area contributed by atoms with Gasteiger partial charge in [-0.05, 0) is 12.5 Å². The highest BCUT2D eigenvalue weighted by Crippen LogP contribution is 2.20. The highest BCUT2D eigenvalue weighted by atomic mass is 19.1. The lowest BCUT2D eigenvalue weighted by atomic mass is 10.1. The zero-order valence-corrected chi connectivity index (χ0v) is 13.3. The smallest absolute Gasteiger partial charge is 0.212 e. The van der Waals surface area contributed by atoms with Crippen LogP contribution in [0.5, 0.6) is 5.88 Å². The van der Waals surface area contributed by atoms with Crippen LogP contribution in [0.2, 0.25) is 0 Å². The molecule has 3 heterocycles. The Kier molecular flexibility index (Phi) is 4.66. The van der Waals surface area contributed by atoms with Crippen LogP contribution >= 0.6 is 0 Å². The molecule has 0 radical (unpaired) electrons. The number of hydrogen-bond donors (Lipinski definition) is 0. The first-order chi connectivity index (χ1) is 11.2. The van der Waals surface area contributed by atoms with E-state index in [0.717, 1.165) is 31.7 Å². The Balaban J connectivity index is 1.63. The maximum Gasteiger partial charge on any atom is 0.212 e. The third-order valence-electron chi connectivity index (χ3n) is 4.11. The van der Waals surface area contributed by atoms with Gasteiger partial charge in [0.05, 0.1) is 13.3 Å². The Hall–Kier alpha value is -2.28. The summed E-state index contributed by atoms with van der Waals surface area (Å²) >= 11 is 0. The molecule has 0 amide bonds. The summed E-state index contributed by atoms with van der Waals surface area (Å²) in [6.45, 7) is 5.27. The zero-order chi connectivity index (χ0) is 16.2. The fourth-order valence-corrected chi connectivity index (χ4v) is 2.82. The summed E-state index contributed by atoms with van der Waals surface area (Å²) in [5, 5.41) is 0. The average molecular weight is 317 g/mol. The van der Waals surface area contributed by atoms with Gasteiger partial charge in [0.1, 0.15) is 6.33 Å². The number of ether oxygens (including phenoxy) is 1. The van der Waals surface area contributed by atoms with Gasteiger partial charge in [0.25, 0.3) is 0 Å². The van der Waals surface area contributed by atoms with Crippen LogP contribution < -0.4 is 9.64 Å². The standard InChI is InChI=1S/C16H20FN5O/c1-12-9-22(16-14(17)8-18-11-20-16)6-5-21(12)10-13-3-4-15(23-2)19-7-13/h3-4,7-8,11-12H,5-6,9-10H2,1-2H3. The first-order valence-corrected chi connectivity index (χ1v) is 7.61. The molecule has 7 heteroatoms. The second-order valence-corrected chi connectivity index (χ2v) is 5.67. The predicted molar refractivity (Wildman–Crippen MR) is 84.9 cm³/mol. The number of aromatic nitrogens is 3. The van der Waals surface area contributed by atoms with Crippen molar-refractivity contribution in [2.24, 2.45) is 0 Å². The molecule has 23 heavy (non-hydrogen) atoms. The molecule has 3 rings (SSSR count). The van der Waals surface area contributed by atoms with Crippen molar-refractivity contribution in [3.8, 4) is 5.88 Å². The normalized spacial score (nSPS) is 18.9. The molecule has 0 N–H and O–H groups in total. The van der Waals surface area contributed by atoms with Gasteiger partial charge in [-0.2, -0.15) is 0 Å². The fraction of sp³-hybridized carbons (Fsp3) is 0.438. The molecule has 122 valence electrons. The summed E-state index contributed by atoms with van der Waals surface area (Å²) in [5.41, 5.74) is 1.14. The minimum absolute atomic E-state index is 0.292. The van der Waals surface area contributed by atoms with E-state index in [2.05, 4.69) is 26.8 Å². The van der Waals surface area contributed by atoms with Crippen LogP contribution in [0.15, 0.2) is 30.9 Å². The number of hydrogen-bond acceptors (Lipinski definition) is 6. The molecule has 0 spiro atoms. The van der Waals surface area contributed by atoms with E-state index in [1.165, 1.54) is 12.5 Å². The van der Waals surface area contributed by atoms with E-state index >= 15 is 0 Å². The first-order valence-electron chi connectivity index (χ1n) is 7.61. The van der Waals surface area contributed by atoms with Crippen molar-refractivity contribution in [2.75, 3.05) is 31.6 Å². The van der Waals surface area contributed by atoms with Gasteiger partial charge >= 0.3 is 0 Å². The van der Waals surface area contributed by atoms with Gasteiger partial charge in [-0.1, -0.05) is 6.07 Å². The molecule has 0 aliphatic carbocycles. The van der Waals surface area contributed by atoms with Crippen molar-refractivity contribution in [1.82, 2.24) is 19.9 Å². The second kappa shape index (κ2) is 6.87. The highest BCUT2D eigenvalue weighted by Gasteiger charge is 2.26. The molecule has 2 aromatic rings. The molecule has 0 saturated carbocycles. The summed E-state index contributed by atoms with van der Waals surface area (Å²) in [6, 6.07) is 4.18. The number of nitrogens with zero attached hydrogens (tertiary/aromatic N) is 5. The molecular formula is C16H20FN5O. The van der Waals surface area contributed by atoms with Crippen LogP contribution in [0.25, 0.3) is 0 Å². The fourth-order valence-electron chi connectivity index (χ4n) is 2.82. The molecule has 1 aliphatic rings. The lowest BCUT2D eigenvalue weighted by Crippen LogP contribution is -2.52. The largest absolute Gasteiger partial charge is 0.481 e. The molecule has 0 bridgehead atoms. The van der Waals surface area contributed by atoms with Crippen LogP contribution in [0.3, 0.4) is 0 Å². The number of piperazine rings is 1. The average Bonchev–Trinajstić information content (AvgIpc) is 2.58. The molecule has 1 aliphatic heterocycles. The van der Waals surface area contributed by atoms with Crippen LogP contribution in [-0.2, 0) is 6.54 Å². The zero-order valence-electron chi connectivity index (χ0n) is 13.3. The van der Waals surface area contributed by atoms with Crippen LogP contribution in [0.1, 0.15) is 12.5 Å². The Morgan fingerprint density at radius 2 is 2.13 bits per heavy atom. The lowest BCUT2D eigenvalue weighted by Gasteiger charge is -2.40. The summed E-state index contributed by atoms with van der Waals surface area (Å²) < 4.78 is 18.9. The lowest BCUT2D eigenvalue weighted by molar-refractivity contribution is 0.180. The van der Waals surface area contributed by atoms with E-state index in [1.807, 2.05) is 23.2 Å². The summed E-state index contributed by atoms with van der Waals surface area (Å²) in [4.78, 5) is 16.3. The van der Waals surface area contributed by atoms with Gasteiger partial charge in [0.2, 0.25) is 5.88 Å². The first kappa shape index (κ1) is 15.6. The predicted octanol–water partition coefficient (Wildman–Crippen LogP) is 1.73. The maximum atomic E-state index is 13.8. The minimum Gasteiger partial charge on any atom is -0.481 e. The molecule has 2 aromatic heterocycles. The third kappa shape index (κ3) is 3.56. The van der Waals surface area contributed by atoms with Crippen LogP contribution in [0, 0.1) is 5.82 Å². The molecule has 1 unspecified atom stereocenters. The van der Waals surface area contributed by atoms with Gasteiger partial charge in [0.15, 0.2) is 11.6 Å². The van der Waals surface area contributed by atoms with Crippen molar-refractivity contribution in [2.45, 2.75) is 19.5 Å². The summed E-state index contributed by atoms with van der Waals surface area (Å²) in [5.74, 6) is 0.635. The Morgan fingerprint density at radius 3 is 2.78 bits per heavy atom. The van der Waals surface area contributed by atoms with Gasteiger partial charge in [0, 0.05) is 44.5 Å². The number of pyridine rings is 1. The van der Waals surface area contributed by atoms with E-state index < -0.39 is 0 Å². The van der Waals surface area contributed by atoms with Crippen molar-refractivity contribution in [3.05, 3.63) is 42.2 Å². The van der Waals surface area contributed by atoms with Crippen molar-refractivity contribution < 1.29 is 9.13 Å². The minimum atomic E-state index is -0.368. The molecule has 1 saturated heterocycles. The molecule has 0 aromatic carbocycles. The molecular weight excluding hydrogens is 297 g/mol. The summed E-state index contributed by atoms with van der Waals surface area (Å²) in [7, 11) is 1.61. The van der Waals surface area contributed by atoms with E-state index in [1.54, 1.807) is 7.11 Å². The second-order valence-electron chi connectivity index (χ2n) is 5.67. The van der Waals surface area contributed by atoms with Crippen molar-refractivity contribution in [1.29, 1.82) is 0 Å². The van der Waals surface area contributed by atoms with Crippen LogP contribution in [0.4, 0.5) is 10.2 Å². The number of anilines is 1. The number of halogens is 1. The van der Waals surface area contributed by atoms with Gasteiger partial charge in [-0.15, -0.1) is 0 Å². The van der Waals surface area contributed by atoms with E-state index in [4.69, 9.17) is 4.74 Å². The quantitative estimate of drug-likeness (QED) is 0.856. The maximum absolute atomic E-state index is 13.8. The Labute approximate surface area is 134 Å². The van der Waals surface area contributed by atoms with E-state index in [-0.39, 0.29) is 5.82 Å². The highest BCUT2D eigenvalue weighted by molar-refractivity contribution is 5.39. The molecule has 1 atom stereocenters. The van der Waals surface area contributed by atoms with E-state index in [0.29, 0.717) is 17.7 Å². The summed E-state index contributed by atoms with van der Waals surface area (Å²) in [6.07, 6.45) is 4.43. The molecule has 6 nitrogen and oxygen atoms in total. The number of methoxy groups -OCH3 is 1. The number of rotatable bonds is 4. The van der Waals surface area contributed by atoms with Gasteiger partial charge < -0.3 is 9.64 Å². The SMILES string of the molecule is COc1ccc(CN2CCN(c3ncncc3F)CC2C)cn1. The van der Waals surface area contributed by atoms with E-state index in [9.17, 15) is 4.39 Å². The molecule has 1 fully saturated rings. The van der Waals surface area contributed by atoms with Crippen molar-refractivity contribution >= 4 is 5.82 Å². The Morgan fingerprint density at radius 1 is 1.26 bits per heavy atom. The monoisotopic (exact) mass is 317 g/mol. The van der Waals surface area contributed by atoms with Crippen LogP contribution in [-0.4, -0.2) is 52.6 Å². The Bertz CT molecular complexity index is 651. The van der Waals surface area contributed by atoms with Gasteiger partial charge in [-0.3, -0.25) is 4.90 Å².